The largest absolute Gasteiger partial charge is 0.346 e. The predicted molar refractivity (Wildman–Crippen MR) is 87.4 cm³/mol. The molecular weight excluding hydrogens is 274 g/mol. The van der Waals surface area contributed by atoms with Crippen molar-refractivity contribution in [3.05, 3.63) is 0 Å². The third kappa shape index (κ3) is 3.72. The van der Waals surface area contributed by atoms with Gasteiger partial charge in [-0.25, -0.2) is 0 Å². The number of carbonyl (C=O) groups is 2. The van der Waals surface area contributed by atoms with Gasteiger partial charge in [-0.05, 0) is 50.4 Å². The van der Waals surface area contributed by atoms with Crippen LogP contribution < -0.4 is 5.32 Å². The van der Waals surface area contributed by atoms with Crippen molar-refractivity contribution in [2.45, 2.75) is 89.5 Å². The molecule has 0 heterocycles. The molecule has 0 bridgehead atoms. The zero-order chi connectivity index (χ0) is 15.4. The highest BCUT2D eigenvalue weighted by Crippen LogP contribution is 2.40. The molecule has 3 heteroatoms. The molecule has 1 atom stereocenters. The van der Waals surface area contributed by atoms with Gasteiger partial charge in [0.1, 0.15) is 0 Å². The fourth-order valence-corrected chi connectivity index (χ4v) is 5.04. The average molecular weight is 305 g/mol. The molecule has 3 nitrogen and oxygen atoms in total. The van der Waals surface area contributed by atoms with E-state index >= 15 is 0 Å². The molecule has 3 aliphatic rings. The Morgan fingerprint density at radius 1 is 0.818 bits per heavy atom. The van der Waals surface area contributed by atoms with Crippen molar-refractivity contribution in [1.29, 1.82) is 0 Å². The van der Waals surface area contributed by atoms with Crippen molar-refractivity contribution in [2.24, 2.45) is 17.8 Å². The molecule has 124 valence electrons. The standard InChI is InChI=1S/C19H31NO2/c21-17-13-7-12-16(17)20-19(22)18(14-8-3-1-4-9-14)15-10-5-2-6-11-15/h14-16,18H,1-13H2,(H,20,22)/t16-/m1/s1. The van der Waals surface area contributed by atoms with E-state index < -0.39 is 0 Å². The Labute approximate surface area is 134 Å². The number of rotatable bonds is 4. The molecule has 0 aromatic carbocycles. The number of nitrogens with one attached hydrogen (secondary N) is 1. The lowest BCUT2D eigenvalue weighted by molar-refractivity contribution is -0.133. The van der Waals surface area contributed by atoms with Gasteiger partial charge in [0.05, 0.1) is 6.04 Å². The third-order valence-corrected chi connectivity index (χ3v) is 6.24. The maximum absolute atomic E-state index is 13.0. The number of ketones is 1. The summed E-state index contributed by atoms with van der Waals surface area (Å²) < 4.78 is 0. The van der Waals surface area contributed by atoms with Crippen LogP contribution in [0.2, 0.25) is 0 Å². The molecule has 3 fully saturated rings. The van der Waals surface area contributed by atoms with Crippen LogP contribution in [0.3, 0.4) is 0 Å². The summed E-state index contributed by atoms with van der Waals surface area (Å²) in [5.74, 6) is 1.76. The Hall–Kier alpha value is -0.860. The Morgan fingerprint density at radius 2 is 1.36 bits per heavy atom. The van der Waals surface area contributed by atoms with Crippen molar-refractivity contribution in [3.8, 4) is 0 Å². The first-order chi connectivity index (χ1) is 10.8. The first kappa shape index (κ1) is 16.0. The normalized spacial score (nSPS) is 28.2. The molecule has 1 amide bonds. The number of hydrogen-bond donors (Lipinski definition) is 1. The SMILES string of the molecule is O=C(N[C@@H]1CCCC1=O)C(C1CCCCC1)C1CCCCC1. The van der Waals surface area contributed by atoms with E-state index in [1.165, 1.54) is 64.2 Å². The number of Topliss-reactive ketones (excluding diaryl/α,β-unsaturated/α-hetero) is 1. The van der Waals surface area contributed by atoms with Crippen molar-refractivity contribution in [3.63, 3.8) is 0 Å². The molecule has 1 N–H and O–H groups in total. The van der Waals surface area contributed by atoms with E-state index in [4.69, 9.17) is 0 Å². The summed E-state index contributed by atoms with van der Waals surface area (Å²) in [5, 5.41) is 3.13. The smallest absolute Gasteiger partial charge is 0.224 e. The monoisotopic (exact) mass is 305 g/mol. The van der Waals surface area contributed by atoms with Gasteiger partial charge in [-0.2, -0.15) is 0 Å². The van der Waals surface area contributed by atoms with Crippen LogP contribution in [-0.2, 0) is 9.59 Å². The van der Waals surface area contributed by atoms with Crippen molar-refractivity contribution in [1.82, 2.24) is 5.32 Å². The van der Waals surface area contributed by atoms with Crippen molar-refractivity contribution < 1.29 is 9.59 Å². The number of hydrogen-bond acceptors (Lipinski definition) is 2. The fraction of sp³-hybridized carbons (Fsp3) is 0.895. The molecule has 0 aromatic heterocycles. The molecular formula is C19H31NO2. The Bertz CT molecular complexity index is 376. The van der Waals surface area contributed by atoms with Gasteiger partial charge in [0, 0.05) is 12.3 Å². The lowest BCUT2D eigenvalue weighted by atomic mass is 9.69. The number of amides is 1. The third-order valence-electron chi connectivity index (χ3n) is 6.24. The highest BCUT2D eigenvalue weighted by atomic mass is 16.2. The van der Waals surface area contributed by atoms with Gasteiger partial charge in [-0.15, -0.1) is 0 Å². The van der Waals surface area contributed by atoms with Gasteiger partial charge in [-0.3, -0.25) is 9.59 Å². The second-order valence-corrected chi connectivity index (χ2v) is 7.74. The van der Waals surface area contributed by atoms with Crippen molar-refractivity contribution in [2.75, 3.05) is 0 Å². The molecule has 3 saturated carbocycles. The highest BCUT2D eigenvalue weighted by molar-refractivity contribution is 5.91. The van der Waals surface area contributed by atoms with Gasteiger partial charge in [-0.1, -0.05) is 38.5 Å². The Morgan fingerprint density at radius 3 is 1.82 bits per heavy atom. The van der Waals surface area contributed by atoms with Gasteiger partial charge in [0.25, 0.3) is 0 Å². The highest BCUT2D eigenvalue weighted by Gasteiger charge is 2.38. The molecule has 0 saturated heterocycles. The Kier molecular flexibility index (Phi) is 5.54. The maximum atomic E-state index is 13.0. The molecule has 0 spiro atoms. The second kappa shape index (κ2) is 7.61. The number of carbonyl (C=O) groups excluding carboxylic acids is 2. The van der Waals surface area contributed by atoms with E-state index in [0.717, 1.165) is 12.8 Å². The minimum atomic E-state index is -0.179. The predicted octanol–water partition coefficient (Wildman–Crippen LogP) is 4.00. The first-order valence-corrected chi connectivity index (χ1v) is 9.59. The van der Waals surface area contributed by atoms with Crippen molar-refractivity contribution >= 4 is 11.7 Å². The van der Waals surface area contributed by atoms with E-state index in [1.807, 2.05) is 0 Å². The van der Waals surface area contributed by atoms with Gasteiger partial charge >= 0.3 is 0 Å². The molecule has 0 unspecified atom stereocenters. The van der Waals surface area contributed by atoms with Crippen LogP contribution in [0, 0.1) is 17.8 Å². The summed E-state index contributed by atoms with van der Waals surface area (Å²) in [6.45, 7) is 0. The zero-order valence-electron chi connectivity index (χ0n) is 13.8. The van der Waals surface area contributed by atoms with Crippen LogP contribution in [0.15, 0.2) is 0 Å². The molecule has 0 aliphatic heterocycles. The molecule has 3 rings (SSSR count). The summed E-state index contributed by atoms with van der Waals surface area (Å²) in [4.78, 5) is 24.9. The van der Waals surface area contributed by atoms with Crippen LogP contribution in [0.4, 0.5) is 0 Å². The molecule has 0 aromatic rings. The molecule has 22 heavy (non-hydrogen) atoms. The van der Waals surface area contributed by atoms with E-state index in [1.54, 1.807) is 0 Å². The summed E-state index contributed by atoms with van der Waals surface area (Å²) in [6, 6.07) is -0.179. The van der Waals surface area contributed by atoms with Gasteiger partial charge in [0.15, 0.2) is 5.78 Å². The summed E-state index contributed by atoms with van der Waals surface area (Å²) >= 11 is 0. The van der Waals surface area contributed by atoms with E-state index in [0.29, 0.717) is 18.3 Å². The minimum Gasteiger partial charge on any atom is -0.346 e. The second-order valence-electron chi connectivity index (χ2n) is 7.74. The topological polar surface area (TPSA) is 46.2 Å². The van der Waals surface area contributed by atoms with E-state index in [-0.39, 0.29) is 23.7 Å². The first-order valence-electron chi connectivity index (χ1n) is 9.59. The lowest BCUT2D eigenvalue weighted by Gasteiger charge is -2.37. The maximum Gasteiger partial charge on any atom is 0.224 e. The quantitative estimate of drug-likeness (QED) is 0.853. The average Bonchev–Trinajstić information content (AvgIpc) is 2.95. The van der Waals surface area contributed by atoms with Gasteiger partial charge < -0.3 is 5.32 Å². The summed E-state index contributed by atoms with van der Waals surface area (Å²) in [6.07, 6.45) is 15.1. The van der Waals surface area contributed by atoms with Crippen LogP contribution in [-0.4, -0.2) is 17.7 Å². The van der Waals surface area contributed by atoms with Gasteiger partial charge in [0.2, 0.25) is 5.91 Å². The molecule has 0 radical (unpaired) electrons. The molecule has 3 aliphatic carbocycles. The fourth-order valence-electron chi connectivity index (χ4n) is 5.04. The van der Waals surface area contributed by atoms with Crippen LogP contribution in [0.5, 0.6) is 0 Å². The van der Waals surface area contributed by atoms with Crippen LogP contribution in [0.25, 0.3) is 0 Å². The van der Waals surface area contributed by atoms with Crippen LogP contribution in [0.1, 0.15) is 83.5 Å². The Balaban J connectivity index is 1.68. The summed E-state index contributed by atoms with van der Waals surface area (Å²) in [7, 11) is 0. The minimum absolute atomic E-state index is 0.175. The lowest BCUT2D eigenvalue weighted by Crippen LogP contribution is -2.46. The van der Waals surface area contributed by atoms with Crippen LogP contribution >= 0.6 is 0 Å². The van der Waals surface area contributed by atoms with E-state index in [9.17, 15) is 9.59 Å². The summed E-state index contributed by atoms with van der Waals surface area (Å²) in [5.41, 5.74) is 0. The van der Waals surface area contributed by atoms with E-state index in [2.05, 4.69) is 5.32 Å². The zero-order valence-corrected chi connectivity index (χ0v) is 13.8.